The first-order valence-corrected chi connectivity index (χ1v) is 6.81. The zero-order valence-electron chi connectivity index (χ0n) is 11.2. The van der Waals surface area contributed by atoms with E-state index < -0.39 is 0 Å². The summed E-state index contributed by atoms with van der Waals surface area (Å²) in [4.78, 5) is 8.81. The number of halogens is 1. The largest absolute Gasteiger partial charge is 0.363 e. The standard InChI is InChI=1S/C13H22ClN3/c1-5-11-8-12(16-10(4)15-11)17-13(6-2,7-3)9-14/h8H,5-7,9H2,1-4H3,(H,15,16,17). The molecule has 1 aromatic rings. The molecule has 1 rings (SSSR count). The predicted octanol–water partition coefficient (Wildman–Crippen LogP) is 3.56. The van der Waals surface area contributed by atoms with Crippen molar-refractivity contribution in [1.29, 1.82) is 0 Å². The lowest BCUT2D eigenvalue weighted by molar-refractivity contribution is 0.482. The number of nitrogens with zero attached hydrogens (tertiary/aromatic N) is 2. The molecule has 4 heteroatoms. The van der Waals surface area contributed by atoms with Gasteiger partial charge in [-0.05, 0) is 26.2 Å². The molecule has 0 saturated heterocycles. The van der Waals surface area contributed by atoms with E-state index in [1.165, 1.54) is 0 Å². The second kappa shape index (κ2) is 6.20. The molecule has 0 bridgehead atoms. The topological polar surface area (TPSA) is 37.8 Å². The number of aryl methyl sites for hydroxylation is 2. The Labute approximate surface area is 109 Å². The van der Waals surface area contributed by atoms with Crippen molar-refractivity contribution >= 4 is 17.4 Å². The van der Waals surface area contributed by atoms with E-state index in [-0.39, 0.29) is 5.54 Å². The second-order valence-electron chi connectivity index (χ2n) is 4.39. The van der Waals surface area contributed by atoms with Crippen LogP contribution >= 0.6 is 11.6 Å². The minimum atomic E-state index is -0.0621. The van der Waals surface area contributed by atoms with Gasteiger partial charge in [0.25, 0.3) is 0 Å². The highest BCUT2D eigenvalue weighted by molar-refractivity contribution is 6.18. The van der Waals surface area contributed by atoms with Crippen LogP contribution in [-0.2, 0) is 6.42 Å². The number of aromatic nitrogens is 2. The van der Waals surface area contributed by atoms with Crippen LogP contribution in [-0.4, -0.2) is 21.4 Å². The van der Waals surface area contributed by atoms with E-state index in [1.807, 2.05) is 13.0 Å². The third kappa shape index (κ3) is 3.56. The summed E-state index contributed by atoms with van der Waals surface area (Å²) in [5.74, 6) is 2.28. The molecule has 0 atom stereocenters. The van der Waals surface area contributed by atoms with Gasteiger partial charge < -0.3 is 5.32 Å². The van der Waals surface area contributed by atoms with Crippen molar-refractivity contribution in [1.82, 2.24) is 9.97 Å². The minimum absolute atomic E-state index is 0.0621. The third-order valence-electron chi connectivity index (χ3n) is 3.26. The van der Waals surface area contributed by atoms with Crippen molar-refractivity contribution in [3.63, 3.8) is 0 Å². The number of hydrogen-bond acceptors (Lipinski definition) is 3. The molecule has 0 amide bonds. The first kappa shape index (κ1) is 14.2. The van der Waals surface area contributed by atoms with Gasteiger partial charge in [-0.25, -0.2) is 9.97 Å². The van der Waals surface area contributed by atoms with Gasteiger partial charge in [0.2, 0.25) is 0 Å². The molecule has 0 aliphatic rings. The maximum absolute atomic E-state index is 6.08. The lowest BCUT2D eigenvalue weighted by atomic mass is 9.95. The van der Waals surface area contributed by atoms with Gasteiger partial charge in [-0.1, -0.05) is 20.8 Å². The van der Waals surface area contributed by atoms with Crippen LogP contribution in [0.15, 0.2) is 6.07 Å². The van der Waals surface area contributed by atoms with E-state index in [1.54, 1.807) is 0 Å². The molecule has 0 aromatic carbocycles. The van der Waals surface area contributed by atoms with Gasteiger partial charge in [0.1, 0.15) is 11.6 Å². The van der Waals surface area contributed by atoms with Gasteiger partial charge >= 0.3 is 0 Å². The van der Waals surface area contributed by atoms with Crippen molar-refractivity contribution in [2.45, 2.75) is 52.5 Å². The Hall–Kier alpha value is -0.830. The Bertz CT molecular complexity index is 353. The molecule has 1 N–H and O–H groups in total. The van der Waals surface area contributed by atoms with E-state index in [4.69, 9.17) is 11.6 Å². The second-order valence-corrected chi connectivity index (χ2v) is 4.66. The van der Waals surface area contributed by atoms with E-state index >= 15 is 0 Å². The molecule has 3 nitrogen and oxygen atoms in total. The van der Waals surface area contributed by atoms with Crippen molar-refractivity contribution in [2.75, 3.05) is 11.2 Å². The van der Waals surface area contributed by atoms with Crippen molar-refractivity contribution in [3.05, 3.63) is 17.6 Å². The smallest absolute Gasteiger partial charge is 0.130 e. The Morgan fingerprint density at radius 2 is 1.88 bits per heavy atom. The van der Waals surface area contributed by atoms with Gasteiger partial charge in [-0.3, -0.25) is 0 Å². The predicted molar refractivity (Wildman–Crippen MR) is 73.8 cm³/mol. The molecule has 0 aliphatic carbocycles. The summed E-state index contributed by atoms with van der Waals surface area (Å²) in [6.07, 6.45) is 2.89. The molecule has 0 aliphatic heterocycles. The number of hydrogen-bond donors (Lipinski definition) is 1. The first-order valence-electron chi connectivity index (χ1n) is 6.27. The van der Waals surface area contributed by atoms with Crippen LogP contribution in [0.3, 0.4) is 0 Å². The van der Waals surface area contributed by atoms with E-state index in [0.29, 0.717) is 5.88 Å². The number of nitrogens with one attached hydrogen (secondary N) is 1. The molecule has 0 saturated carbocycles. The zero-order chi connectivity index (χ0) is 12.9. The van der Waals surface area contributed by atoms with Crippen molar-refractivity contribution in [3.8, 4) is 0 Å². The van der Waals surface area contributed by atoms with Crippen LogP contribution in [0.1, 0.15) is 45.1 Å². The highest BCUT2D eigenvalue weighted by atomic mass is 35.5. The minimum Gasteiger partial charge on any atom is -0.363 e. The lowest BCUT2D eigenvalue weighted by Gasteiger charge is -2.31. The number of rotatable bonds is 6. The summed E-state index contributed by atoms with van der Waals surface area (Å²) in [6.45, 7) is 8.31. The highest BCUT2D eigenvalue weighted by Crippen LogP contribution is 2.23. The number of alkyl halides is 1. The monoisotopic (exact) mass is 255 g/mol. The maximum atomic E-state index is 6.08. The van der Waals surface area contributed by atoms with Crippen LogP contribution in [0.25, 0.3) is 0 Å². The summed E-state index contributed by atoms with van der Waals surface area (Å²) < 4.78 is 0. The molecule has 0 fully saturated rings. The lowest BCUT2D eigenvalue weighted by Crippen LogP contribution is -2.39. The summed E-state index contributed by atoms with van der Waals surface area (Å²) in [5.41, 5.74) is 1.00. The molecular formula is C13H22ClN3. The van der Waals surface area contributed by atoms with Gasteiger partial charge in [0, 0.05) is 17.6 Å². The quantitative estimate of drug-likeness (QED) is 0.790. The van der Waals surface area contributed by atoms with E-state index in [0.717, 1.165) is 36.6 Å². The fraction of sp³-hybridized carbons (Fsp3) is 0.692. The molecule has 1 heterocycles. The van der Waals surface area contributed by atoms with Gasteiger partial charge in [0.05, 0.1) is 5.54 Å². The Morgan fingerprint density at radius 3 is 2.35 bits per heavy atom. The average Bonchev–Trinajstić information content (AvgIpc) is 2.35. The number of anilines is 1. The molecule has 17 heavy (non-hydrogen) atoms. The van der Waals surface area contributed by atoms with Crippen molar-refractivity contribution in [2.24, 2.45) is 0 Å². The fourth-order valence-electron chi connectivity index (χ4n) is 1.80. The summed E-state index contributed by atoms with van der Waals surface area (Å²) in [6, 6.07) is 2.01. The molecule has 0 radical (unpaired) electrons. The Kier molecular flexibility index (Phi) is 5.19. The fourth-order valence-corrected chi connectivity index (χ4v) is 2.24. The molecule has 96 valence electrons. The molecule has 0 unspecified atom stereocenters. The summed E-state index contributed by atoms with van der Waals surface area (Å²) in [7, 11) is 0. The first-order chi connectivity index (χ1) is 8.09. The van der Waals surface area contributed by atoms with Crippen LogP contribution in [0.2, 0.25) is 0 Å². The Morgan fingerprint density at radius 1 is 1.24 bits per heavy atom. The van der Waals surface area contributed by atoms with Gasteiger partial charge in [-0.2, -0.15) is 0 Å². The van der Waals surface area contributed by atoms with Crippen LogP contribution in [0.5, 0.6) is 0 Å². The molecule has 0 spiro atoms. The highest BCUT2D eigenvalue weighted by Gasteiger charge is 2.25. The van der Waals surface area contributed by atoms with Crippen molar-refractivity contribution < 1.29 is 0 Å². The van der Waals surface area contributed by atoms with Crippen LogP contribution in [0.4, 0.5) is 5.82 Å². The van der Waals surface area contributed by atoms with Gasteiger partial charge in [-0.15, -0.1) is 11.6 Å². The van der Waals surface area contributed by atoms with Crippen LogP contribution < -0.4 is 5.32 Å². The Balaban J connectivity index is 2.96. The molecule has 1 aromatic heterocycles. The van der Waals surface area contributed by atoms with Crippen LogP contribution in [0, 0.1) is 6.92 Å². The van der Waals surface area contributed by atoms with E-state index in [9.17, 15) is 0 Å². The summed E-state index contributed by atoms with van der Waals surface area (Å²) >= 11 is 6.08. The average molecular weight is 256 g/mol. The zero-order valence-corrected chi connectivity index (χ0v) is 11.9. The van der Waals surface area contributed by atoms with E-state index in [2.05, 4.69) is 36.1 Å². The molecular weight excluding hydrogens is 234 g/mol. The third-order valence-corrected chi connectivity index (χ3v) is 3.77. The maximum Gasteiger partial charge on any atom is 0.130 e. The SMILES string of the molecule is CCc1cc(NC(CC)(CC)CCl)nc(C)n1. The summed E-state index contributed by atoms with van der Waals surface area (Å²) in [5, 5.41) is 3.47. The van der Waals surface area contributed by atoms with Gasteiger partial charge in [0.15, 0.2) is 0 Å². The normalized spacial score (nSPS) is 11.6.